The first-order chi connectivity index (χ1) is 9.25. The molecule has 19 heavy (non-hydrogen) atoms. The third-order valence-electron chi connectivity index (χ3n) is 2.62. The largest absolute Gasteiger partial charge is 0.360 e. The van der Waals surface area contributed by atoms with Crippen molar-refractivity contribution in [2.45, 2.75) is 0 Å². The maximum absolute atomic E-state index is 12.1. The lowest BCUT2D eigenvalue weighted by Gasteiger charge is -1.99. The number of anilines is 1. The molecule has 0 spiro atoms. The molecule has 0 aliphatic heterocycles. The summed E-state index contributed by atoms with van der Waals surface area (Å²) in [4.78, 5) is 26.8. The van der Waals surface area contributed by atoms with Crippen molar-refractivity contribution < 1.29 is 9.59 Å². The Kier molecular flexibility index (Phi) is 2.81. The lowest BCUT2D eigenvalue weighted by molar-refractivity contribution is -0.112. The minimum absolute atomic E-state index is 0.304. The smallest absolute Gasteiger partial charge is 0.298 e. The third-order valence-corrected chi connectivity index (χ3v) is 3.23. The van der Waals surface area contributed by atoms with E-state index in [0.717, 1.165) is 22.2 Å². The minimum Gasteiger partial charge on any atom is -0.360 e. The van der Waals surface area contributed by atoms with Crippen LogP contribution in [-0.2, 0) is 4.79 Å². The van der Waals surface area contributed by atoms with Gasteiger partial charge in [-0.3, -0.25) is 14.9 Å². The molecule has 0 unspecified atom stereocenters. The van der Waals surface area contributed by atoms with E-state index in [1.165, 1.54) is 11.7 Å². The van der Waals surface area contributed by atoms with E-state index in [-0.39, 0.29) is 0 Å². The van der Waals surface area contributed by atoms with Crippen LogP contribution in [0.25, 0.3) is 10.9 Å². The Morgan fingerprint density at radius 2 is 2.11 bits per heavy atom. The first kappa shape index (κ1) is 11.5. The maximum atomic E-state index is 12.1. The van der Waals surface area contributed by atoms with Gasteiger partial charge in [0.2, 0.25) is 5.13 Å². The number of ketones is 1. The van der Waals surface area contributed by atoms with E-state index in [1.807, 2.05) is 18.2 Å². The summed E-state index contributed by atoms with van der Waals surface area (Å²) in [6.07, 6.45) is 1.53. The fraction of sp³-hybridized carbons (Fsp3) is 0. The predicted octanol–water partition coefficient (Wildman–Crippen LogP) is 1.84. The Balaban J connectivity index is 1.89. The van der Waals surface area contributed by atoms with Gasteiger partial charge in [0.05, 0.1) is 5.56 Å². The van der Waals surface area contributed by atoms with E-state index in [1.54, 1.807) is 6.07 Å². The molecule has 0 bridgehead atoms. The molecule has 94 valence electrons. The number of nitrogens with zero attached hydrogens (tertiary/aromatic N) is 2. The molecule has 3 aromatic rings. The van der Waals surface area contributed by atoms with Crippen LogP contribution in [0.4, 0.5) is 5.13 Å². The molecule has 6 nitrogen and oxygen atoms in total. The summed E-state index contributed by atoms with van der Waals surface area (Å²) in [6, 6.07) is 7.30. The van der Waals surface area contributed by atoms with Gasteiger partial charge in [-0.2, -0.15) is 0 Å². The fourth-order valence-electron chi connectivity index (χ4n) is 1.76. The van der Waals surface area contributed by atoms with E-state index in [0.29, 0.717) is 10.7 Å². The topological polar surface area (TPSA) is 87.7 Å². The number of aromatic nitrogens is 3. The number of carbonyl (C=O) groups is 2. The van der Waals surface area contributed by atoms with Gasteiger partial charge in [0.1, 0.15) is 5.51 Å². The first-order valence-corrected chi connectivity index (χ1v) is 6.31. The first-order valence-electron chi connectivity index (χ1n) is 5.43. The summed E-state index contributed by atoms with van der Waals surface area (Å²) in [5, 5.41) is 10.7. The Bertz CT molecular complexity index is 748. The second kappa shape index (κ2) is 4.62. The van der Waals surface area contributed by atoms with Crippen molar-refractivity contribution in [3.63, 3.8) is 0 Å². The Morgan fingerprint density at radius 3 is 2.89 bits per heavy atom. The number of hydrogen-bond acceptors (Lipinski definition) is 5. The highest BCUT2D eigenvalue weighted by Crippen LogP contribution is 2.18. The number of Topliss-reactive ketones (excluding diaryl/α,β-unsaturated/α-hetero) is 1. The van der Waals surface area contributed by atoms with E-state index in [2.05, 4.69) is 20.5 Å². The normalized spacial score (nSPS) is 10.5. The highest BCUT2D eigenvalue weighted by molar-refractivity contribution is 7.13. The SMILES string of the molecule is O=C(Nc1nncs1)C(=O)c1c[nH]c2ccccc12. The molecule has 2 heterocycles. The van der Waals surface area contributed by atoms with Crippen molar-refractivity contribution in [1.29, 1.82) is 0 Å². The minimum atomic E-state index is -0.721. The summed E-state index contributed by atoms with van der Waals surface area (Å²) in [6.45, 7) is 0. The number of para-hydroxylation sites is 1. The van der Waals surface area contributed by atoms with Crippen LogP contribution < -0.4 is 5.32 Å². The quantitative estimate of drug-likeness (QED) is 0.562. The average Bonchev–Trinajstić information content (AvgIpc) is 3.06. The number of hydrogen-bond donors (Lipinski definition) is 2. The lowest BCUT2D eigenvalue weighted by atomic mass is 10.1. The zero-order valence-corrected chi connectivity index (χ0v) is 10.4. The lowest BCUT2D eigenvalue weighted by Crippen LogP contribution is -2.22. The summed E-state index contributed by atoms with van der Waals surface area (Å²) in [5.41, 5.74) is 2.64. The average molecular weight is 272 g/mol. The molecule has 2 N–H and O–H groups in total. The van der Waals surface area contributed by atoms with Gasteiger partial charge in [-0.15, -0.1) is 10.2 Å². The van der Waals surface area contributed by atoms with Crippen LogP contribution in [0.1, 0.15) is 10.4 Å². The van der Waals surface area contributed by atoms with Gasteiger partial charge in [0.15, 0.2) is 0 Å². The second-order valence-electron chi connectivity index (χ2n) is 3.78. The number of rotatable bonds is 3. The summed E-state index contributed by atoms with van der Waals surface area (Å²) in [5.74, 6) is -1.32. The molecular weight excluding hydrogens is 264 g/mol. The molecule has 0 saturated carbocycles. The molecule has 0 atom stereocenters. The molecule has 0 saturated heterocycles. The molecule has 3 rings (SSSR count). The Hall–Kier alpha value is -2.54. The van der Waals surface area contributed by atoms with Crippen LogP contribution >= 0.6 is 11.3 Å². The van der Waals surface area contributed by atoms with Crippen molar-refractivity contribution in [2.24, 2.45) is 0 Å². The molecule has 7 heteroatoms. The van der Waals surface area contributed by atoms with E-state index in [4.69, 9.17) is 0 Å². The van der Waals surface area contributed by atoms with Gasteiger partial charge < -0.3 is 4.98 Å². The van der Waals surface area contributed by atoms with E-state index >= 15 is 0 Å². The van der Waals surface area contributed by atoms with Crippen LogP contribution in [0.3, 0.4) is 0 Å². The standard InChI is InChI=1S/C12H8N4O2S/c17-10(11(18)15-12-16-14-6-19-12)8-5-13-9-4-2-1-3-7(8)9/h1-6,13H,(H,15,16,18). The number of amides is 1. The van der Waals surface area contributed by atoms with Gasteiger partial charge in [0, 0.05) is 17.1 Å². The molecule has 2 aromatic heterocycles. The third kappa shape index (κ3) is 2.11. The van der Waals surface area contributed by atoms with Gasteiger partial charge in [0.25, 0.3) is 11.7 Å². The molecule has 0 aliphatic carbocycles. The van der Waals surface area contributed by atoms with Crippen LogP contribution in [0.5, 0.6) is 0 Å². The highest BCUT2D eigenvalue weighted by Gasteiger charge is 2.20. The van der Waals surface area contributed by atoms with Crippen molar-refractivity contribution in [2.75, 3.05) is 5.32 Å². The summed E-state index contributed by atoms with van der Waals surface area (Å²) < 4.78 is 0. The van der Waals surface area contributed by atoms with Crippen molar-refractivity contribution in [3.05, 3.63) is 41.5 Å². The molecule has 0 fully saturated rings. The molecule has 0 radical (unpaired) electrons. The fourth-order valence-corrected chi connectivity index (χ4v) is 2.20. The van der Waals surface area contributed by atoms with Gasteiger partial charge >= 0.3 is 0 Å². The van der Waals surface area contributed by atoms with Crippen molar-refractivity contribution >= 4 is 39.1 Å². The number of benzene rings is 1. The Labute approximate surface area is 111 Å². The van der Waals surface area contributed by atoms with Gasteiger partial charge in [-0.1, -0.05) is 29.5 Å². The number of carbonyl (C=O) groups excluding carboxylic acids is 2. The Morgan fingerprint density at radius 1 is 1.26 bits per heavy atom. The predicted molar refractivity (Wildman–Crippen MR) is 71.2 cm³/mol. The molecule has 1 aromatic carbocycles. The van der Waals surface area contributed by atoms with Crippen LogP contribution in [0.15, 0.2) is 36.0 Å². The summed E-state index contributed by atoms with van der Waals surface area (Å²) in [7, 11) is 0. The second-order valence-corrected chi connectivity index (χ2v) is 4.61. The zero-order valence-electron chi connectivity index (χ0n) is 9.58. The van der Waals surface area contributed by atoms with E-state index < -0.39 is 11.7 Å². The van der Waals surface area contributed by atoms with Gasteiger partial charge in [-0.25, -0.2) is 0 Å². The van der Waals surface area contributed by atoms with Gasteiger partial charge in [-0.05, 0) is 6.07 Å². The van der Waals surface area contributed by atoms with Crippen LogP contribution in [0, 0.1) is 0 Å². The summed E-state index contributed by atoms with van der Waals surface area (Å²) >= 11 is 1.16. The molecule has 0 aliphatic rings. The number of aromatic amines is 1. The number of nitrogens with one attached hydrogen (secondary N) is 2. The maximum Gasteiger partial charge on any atom is 0.298 e. The highest BCUT2D eigenvalue weighted by atomic mass is 32.1. The van der Waals surface area contributed by atoms with E-state index in [9.17, 15) is 9.59 Å². The monoisotopic (exact) mass is 272 g/mol. The van der Waals surface area contributed by atoms with Crippen LogP contribution in [-0.4, -0.2) is 26.9 Å². The molecule has 1 amide bonds. The van der Waals surface area contributed by atoms with Crippen molar-refractivity contribution in [3.8, 4) is 0 Å². The number of fused-ring (bicyclic) bond motifs is 1. The number of H-pyrrole nitrogens is 1. The molecular formula is C12H8N4O2S. The van der Waals surface area contributed by atoms with Crippen LogP contribution in [0.2, 0.25) is 0 Å². The van der Waals surface area contributed by atoms with Crippen molar-refractivity contribution in [1.82, 2.24) is 15.2 Å². The zero-order chi connectivity index (χ0) is 13.2.